The summed E-state index contributed by atoms with van der Waals surface area (Å²) in [5, 5.41) is 2.90. The van der Waals surface area contributed by atoms with Crippen LogP contribution in [0, 0.1) is 0 Å². The predicted octanol–water partition coefficient (Wildman–Crippen LogP) is 4.10. The monoisotopic (exact) mass is 377 g/mol. The molecule has 0 atom stereocenters. The molecule has 1 aliphatic rings. The van der Waals surface area contributed by atoms with E-state index in [0.717, 1.165) is 36.0 Å². The molecule has 2 amide bonds. The molecule has 1 aliphatic heterocycles. The number of hydrogen-bond acceptors (Lipinski definition) is 4. The number of carbonyl (C=O) groups is 1. The maximum atomic E-state index is 12.4. The summed E-state index contributed by atoms with van der Waals surface area (Å²) in [6.45, 7) is 3.22. The summed E-state index contributed by atoms with van der Waals surface area (Å²) < 4.78 is 11.3. The van der Waals surface area contributed by atoms with E-state index in [4.69, 9.17) is 9.15 Å². The van der Waals surface area contributed by atoms with Crippen LogP contribution in [-0.2, 0) is 6.54 Å². The molecule has 1 aromatic heterocycles. The molecule has 2 aromatic carbocycles. The lowest BCUT2D eigenvalue weighted by molar-refractivity contribution is 0.193. The van der Waals surface area contributed by atoms with Crippen LogP contribution in [-0.4, -0.2) is 37.1 Å². The Morgan fingerprint density at radius 2 is 1.68 bits per heavy atom. The van der Waals surface area contributed by atoms with Crippen LogP contribution in [0.25, 0.3) is 0 Å². The average molecular weight is 377 g/mol. The van der Waals surface area contributed by atoms with Crippen LogP contribution in [0.5, 0.6) is 11.5 Å². The Morgan fingerprint density at radius 1 is 0.929 bits per heavy atom. The van der Waals surface area contributed by atoms with E-state index in [1.165, 1.54) is 0 Å². The predicted molar refractivity (Wildman–Crippen MR) is 108 cm³/mol. The summed E-state index contributed by atoms with van der Waals surface area (Å²) in [6.07, 6.45) is 1.61. The number of urea groups is 1. The molecule has 0 radical (unpaired) electrons. The van der Waals surface area contributed by atoms with E-state index in [0.29, 0.717) is 19.6 Å². The van der Waals surface area contributed by atoms with Gasteiger partial charge in [-0.3, -0.25) is 0 Å². The van der Waals surface area contributed by atoms with E-state index in [9.17, 15) is 4.79 Å². The van der Waals surface area contributed by atoms with Crippen LogP contribution >= 0.6 is 0 Å². The van der Waals surface area contributed by atoms with Gasteiger partial charge >= 0.3 is 6.03 Å². The molecule has 6 nitrogen and oxygen atoms in total. The van der Waals surface area contributed by atoms with Gasteiger partial charge in [-0.05, 0) is 36.4 Å². The van der Waals surface area contributed by atoms with Gasteiger partial charge in [0, 0.05) is 26.2 Å². The zero-order chi connectivity index (χ0) is 19.2. The Labute approximate surface area is 164 Å². The Hall–Kier alpha value is -3.41. The van der Waals surface area contributed by atoms with E-state index in [1.807, 2.05) is 65.6 Å². The van der Waals surface area contributed by atoms with Gasteiger partial charge in [0.05, 0.1) is 18.5 Å². The number of hydrogen-bond donors (Lipinski definition) is 1. The first-order valence-corrected chi connectivity index (χ1v) is 9.41. The maximum absolute atomic E-state index is 12.4. The minimum Gasteiger partial charge on any atom is -0.467 e. The van der Waals surface area contributed by atoms with E-state index in [1.54, 1.807) is 6.26 Å². The summed E-state index contributed by atoms with van der Waals surface area (Å²) in [4.78, 5) is 16.5. The van der Waals surface area contributed by atoms with Gasteiger partial charge < -0.3 is 24.3 Å². The Kier molecular flexibility index (Phi) is 5.47. The second-order valence-corrected chi connectivity index (χ2v) is 6.60. The number of piperazine rings is 1. The van der Waals surface area contributed by atoms with Crippen LogP contribution < -0.4 is 15.0 Å². The highest BCUT2D eigenvalue weighted by Gasteiger charge is 2.23. The molecule has 0 bridgehead atoms. The fraction of sp³-hybridized carbons (Fsp3) is 0.227. The van der Waals surface area contributed by atoms with Gasteiger partial charge in [0.25, 0.3) is 0 Å². The van der Waals surface area contributed by atoms with E-state index >= 15 is 0 Å². The van der Waals surface area contributed by atoms with Gasteiger partial charge in [0.2, 0.25) is 0 Å². The zero-order valence-corrected chi connectivity index (χ0v) is 15.6. The summed E-state index contributed by atoms with van der Waals surface area (Å²) in [5.74, 6) is 2.38. The Morgan fingerprint density at radius 3 is 2.43 bits per heavy atom. The average Bonchev–Trinajstić information content (AvgIpc) is 3.27. The fourth-order valence-corrected chi connectivity index (χ4v) is 3.26. The number of nitrogens with one attached hydrogen (secondary N) is 1. The highest BCUT2D eigenvalue weighted by Crippen LogP contribution is 2.32. The van der Waals surface area contributed by atoms with Crippen molar-refractivity contribution in [2.75, 3.05) is 31.1 Å². The minimum atomic E-state index is -0.0649. The Bertz CT molecular complexity index is 888. The maximum Gasteiger partial charge on any atom is 0.317 e. The number of nitrogens with zero attached hydrogens (tertiary/aromatic N) is 2. The number of para-hydroxylation sites is 3. The molecule has 0 unspecified atom stereocenters. The number of furan rings is 1. The zero-order valence-electron chi connectivity index (χ0n) is 15.6. The molecule has 144 valence electrons. The van der Waals surface area contributed by atoms with Gasteiger partial charge in [-0.2, -0.15) is 0 Å². The van der Waals surface area contributed by atoms with Gasteiger partial charge in [-0.1, -0.05) is 30.3 Å². The lowest BCUT2D eigenvalue weighted by Crippen LogP contribution is -2.51. The van der Waals surface area contributed by atoms with E-state index in [-0.39, 0.29) is 6.03 Å². The smallest absolute Gasteiger partial charge is 0.317 e. The summed E-state index contributed by atoms with van der Waals surface area (Å²) >= 11 is 0. The topological polar surface area (TPSA) is 58.0 Å². The van der Waals surface area contributed by atoms with Crippen molar-refractivity contribution in [2.45, 2.75) is 6.54 Å². The quantitative estimate of drug-likeness (QED) is 0.727. The van der Waals surface area contributed by atoms with Crippen molar-refractivity contribution in [1.82, 2.24) is 10.2 Å². The molecule has 0 spiro atoms. The standard InChI is InChI=1S/C22H23N3O3/c26-22(23-17-19-9-6-16-27-19)25-14-12-24(13-15-25)20-10-4-5-11-21(20)28-18-7-2-1-3-8-18/h1-11,16H,12-15,17H2,(H,23,26). The van der Waals surface area contributed by atoms with Crippen molar-refractivity contribution < 1.29 is 13.9 Å². The third-order valence-corrected chi connectivity index (χ3v) is 4.74. The second kappa shape index (κ2) is 8.52. The molecule has 1 saturated heterocycles. The molecular formula is C22H23N3O3. The Balaban J connectivity index is 1.35. The molecular weight excluding hydrogens is 354 g/mol. The number of carbonyl (C=O) groups excluding carboxylic acids is 1. The van der Waals surface area contributed by atoms with Crippen molar-refractivity contribution in [1.29, 1.82) is 0 Å². The second-order valence-electron chi connectivity index (χ2n) is 6.60. The number of amides is 2. The molecule has 28 heavy (non-hydrogen) atoms. The van der Waals surface area contributed by atoms with Crippen LogP contribution in [0.4, 0.5) is 10.5 Å². The first-order valence-electron chi connectivity index (χ1n) is 9.41. The number of anilines is 1. The first-order chi connectivity index (χ1) is 13.8. The minimum absolute atomic E-state index is 0.0649. The highest BCUT2D eigenvalue weighted by atomic mass is 16.5. The number of rotatable bonds is 5. The molecule has 0 aliphatic carbocycles. The van der Waals surface area contributed by atoms with Crippen LogP contribution in [0.1, 0.15) is 5.76 Å². The SMILES string of the molecule is O=C(NCc1ccco1)N1CCN(c2ccccc2Oc2ccccc2)CC1. The van der Waals surface area contributed by atoms with Crippen LogP contribution in [0.2, 0.25) is 0 Å². The summed E-state index contributed by atoms with van der Waals surface area (Å²) in [7, 11) is 0. The molecule has 1 fully saturated rings. The largest absolute Gasteiger partial charge is 0.467 e. The van der Waals surface area contributed by atoms with Gasteiger partial charge in [0.1, 0.15) is 11.5 Å². The number of benzene rings is 2. The van der Waals surface area contributed by atoms with Gasteiger partial charge in [0.15, 0.2) is 5.75 Å². The first kappa shape index (κ1) is 18.0. The van der Waals surface area contributed by atoms with Crippen molar-refractivity contribution in [3.05, 3.63) is 78.8 Å². The van der Waals surface area contributed by atoms with Gasteiger partial charge in [-0.15, -0.1) is 0 Å². The van der Waals surface area contributed by atoms with Crippen LogP contribution in [0.3, 0.4) is 0 Å². The van der Waals surface area contributed by atoms with E-state index in [2.05, 4.69) is 16.3 Å². The number of ether oxygens (including phenoxy) is 1. The van der Waals surface area contributed by atoms with Crippen LogP contribution in [0.15, 0.2) is 77.4 Å². The highest BCUT2D eigenvalue weighted by molar-refractivity contribution is 5.74. The molecule has 3 aromatic rings. The van der Waals surface area contributed by atoms with Crippen molar-refractivity contribution >= 4 is 11.7 Å². The van der Waals surface area contributed by atoms with Crippen molar-refractivity contribution in [2.24, 2.45) is 0 Å². The van der Waals surface area contributed by atoms with Crippen molar-refractivity contribution in [3.8, 4) is 11.5 Å². The summed E-state index contributed by atoms with van der Waals surface area (Å²) in [6, 6.07) is 21.4. The normalized spacial score (nSPS) is 14.0. The van der Waals surface area contributed by atoms with Gasteiger partial charge in [-0.25, -0.2) is 4.79 Å². The third-order valence-electron chi connectivity index (χ3n) is 4.74. The molecule has 6 heteroatoms. The molecule has 1 N–H and O–H groups in total. The lowest BCUT2D eigenvalue weighted by atomic mass is 10.2. The third kappa shape index (κ3) is 4.28. The molecule has 2 heterocycles. The lowest BCUT2D eigenvalue weighted by Gasteiger charge is -2.36. The molecule has 0 saturated carbocycles. The fourth-order valence-electron chi connectivity index (χ4n) is 3.26. The van der Waals surface area contributed by atoms with Crippen molar-refractivity contribution in [3.63, 3.8) is 0 Å². The molecule has 4 rings (SSSR count). The van der Waals surface area contributed by atoms with E-state index < -0.39 is 0 Å². The summed E-state index contributed by atoms with van der Waals surface area (Å²) in [5.41, 5.74) is 1.04.